The van der Waals surface area contributed by atoms with E-state index in [1.54, 1.807) is 12.4 Å². The lowest BCUT2D eigenvalue weighted by molar-refractivity contribution is 1.07. The first-order chi connectivity index (χ1) is 6.81. The van der Waals surface area contributed by atoms with E-state index in [-0.39, 0.29) is 0 Å². The lowest BCUT2D eigenvalue weighted by Gasteiger charge is -1.99. The third-order valence-corrected chi connectivity index (χ3v) is 1.78. The van der Waals surface area contributed by atoms with Gasteiger partial charge in [-0.05, 0) is 6.92 Å². The molecule has 0 spiro atoms. The Hall–Kier alpha value is -1.58. The molecule has 0 aromatic carbocycles. The Morgan fingerprint density at radius 3 is 2.57 bits per heavy atom. The summed E-state index contributed by atoms with van der Waals surface area (Å²) in [5.41, 5.74) is 1.85. The molecule has 2 aromatic rings. The molecule has 0 amide bonds. The van der Waals surface area contributed by atoms with E-state index in [0.29, 0.717) is 0 Å². The SMILES string of the molecule is CC.CNc1cnc2cnc(C)cn12. The molecule has 4 nitrogen and oxygen atoms in total. The Bertz CT molecular complexity index is 405. The van der Waals surface area contributed by atoms with Crippen molar-refractivity contribution in [2.45, 2.75) is 20.8 Å². The van der Waals surface area contributed by atoms with Gasteiger partial charge in [0, 0.05) is 13.2 Å². The fourth-order valence-corrected chi connectivity index (χ4v) is 1.17. The molecule has 4 heteroatoms. The maximum atomic E-state index is 4.17. The zero-order valence-electron chi connectivity index (χ0n) is 9.07. The Morgan fingerprint density at radius 1 is 1.21 bits per heavy atom. The molecule has 14 heavy (non-hydrogen) atoms. The van der Waals surface area contributed by atoms with Crippen LogP contribution in [0, 0.1) is 6.92 Å². The molecule has 0 saturated heterocycles. The summed E-state index contributed by atoms with van der Waals surface area (Å²) < 4.78 is 1.97. The topological polar surface area (TPSA) is 42.2 Å². The van der Waals surface area contributed by atoms with Crippen LogP contribution in [-0.4, -0.2) is 21.4 Å². The van der Waals surface area contributed by atoms with E-state index in [2.05, 4.69) is 15.3 Å². The molecular weight excluding hydrogens is 176 g/mol. The molecule has 0 fully saturated rings. The first kappa shape index (κ1) is 10.5. The number of rotatable bonds is 1. The van der Waals surface area contributed by atoms with Gasteiger partial charge < -0.3 is 5.32 Å². The normalized spacial score (nSPS) is 9.43. The second-order valence-electron chi connectivity index (χ2n) is 2.65. The van der Waals surface area contributed by atoms with Crippen LogP contribution in [0.5, 0.6) is 0 Å². The van der Waals surface area contributed by atoms with Crippen LogP contribution in [0.1, 0.15) is 19.5 Å². The van der Waals surface area contributed by atoms with Crippen molar-refractivity contribution in [3.63, 3.8) is 0 Å². The fraction of sp³-hybridized carbons (Fsp3) is 0.400. The van der Waals surface area contributed by atoms with Crippen molar-refractivity contribution >= 4 is 11.5 Å². The van der Waals surface area contributed by atoms with Crippen molar-refractivity contribution in [3.8, 4) is 0 Å². The zero-order valence-corrected chi connectivity index (χ0v) is 9.07. The molecule has 0 radical (unpaired) electrons. The number of nitrogens with one attached hydrogen (secondary N) is 1. The monoisotopic (exact) mass is 192 g/mol. The minimum atomic E-state index is 0.866. The second kappa shape index (κ2) is 4.60. The van der Waals surface area contributed by atoms with E-state index >= 15 is 0 Å². The molecule has 2 rings (SSSR count). The highest BCUT2D eigenvalue weighted by Crippen LogP contribution is 2.09. The van der Waals surface area contributed by atoms with Crippen molar-refractivity contribution in [1.82, 2.24) is 14.4 Å². The van der Waals surface area contributed by atoms with Gasteiger partial charge in [-0.25, -0.2) is 4.98 Å². The molecule has 0 bridgehead atoms. The molecule has 0 unspecified atom stereocenters. The molecule has 2 aromatic heterocycles. The van der Waals surface area contributed by atoms with Gasteiger partial charge in [0.2, 0.25) is 0 Å². The number of anilines is 1. The highest BCUT2D eigenvalue weighted by molar-refractivity contribution is 5.48. The van der Waals surface area contributed by atoms with Gasteiger partial charge in [0.15, 0.2) is 5.65 Å². The standard InChI is InChI=1S/C8H10N4.C2H6/c1-6-5-12-7(9-2)3-11-8(12)4-10-6;1-2/h3-5,9H,1-2H3;1-2H3. The van der Waals surface area contributed by atoms with Crippen LogP contribution in [0.25, 0.3) is 5.65 Å². The van der Waals surface area contributed by atoms with Crippen LogP contribution in [0.4, 0.5) is 5.82 Å². The summed E-state index contributed by atoms with van der Waals surface area (Å²) in [7, 11) is 1.87. The number of aromatic nitrogens is 3. The third kappa shape index (κ3) is 1.84. The molecular formula is C10H16N4. The summed E-state index contributed by atoms with van der Waals surface area (Å²) in [6.07, 6.45) is 5.50. The highest BCUT2D eigenvalue weighted by Gasteiger charge is 1.99. The lowest BCUT2D eigenvalue weighted by Crippen LogP contribution is -1.95. The van der Waals surface area contributed by atoms with Gasteiger partial charge in [-0.1, -0.05) is 13.8 Å². The van der Waals surface area contributed by atoms with Gasteiger partial charge >= 0.3 is 0 Å². The average molecular weight is 192 g/mol. The number of fused-ring (bicyclic) bond motifs is 1. The van der Waals surface area contributed by atoms with E-state index in [1.807, 2.05) is 38.4 Å². The van der Waals surface area contributed by atoms with Gasteiger partial charge in [0.05, 0.1) is 18.1 Å². The van der Waals surface area contributed by atoms with E-state index in [1.165, 1.54) is 0 Å². The Morgan fingerprint density at radius 2 is 1.93 bits per heavy atom. The molecule has 2 heterocycles. The summed E-state index contributed by atoms with van der Waals surface area (Å²) in [5, 5.41) is 3.05. The van der Waals surface area contributed by atoms with Crippen LogP contribution in [-0.2, 0) is 0 Å². The first-order valence-corrected chi connectivity index (χ1v) is 4.79. The van der Waals surface area contributed by atoms with Gasteiger partial charge in [-0.15, -0.1) is 0 Å². The van der Waals surface area contributed by atoms with E-state index in [4.69, 9.17) is 0 Å². The number of aryl methyl sites for hydroxylation is 1. The van der Waals surface area contributed by atoms with Crippen LogP contribution in [0.3, 0.4) is 0 Å². The van der Waals surface area contributed by atoms with Crippen LogP contribution >= 0.6 is 0 Å². The van der Waals surface area contributed by atoms with E-state index in [9.17, 15) is 0 Å². The molecule has 0 aliphatic carbocycles. The smallest absolute Gasteiger partial charge is 0.156 e. The number of nitrogens with zero attached hydrogens (tertiary/aromatic N) is 3. The van der Waals surface area contributed by atoms with Crippen molar-refractivity contribution in [1.29, 1.82) is 0 Å². The molecule has 0 saturated carbocycles. The molecule has 1 N–H and O–H groups in total. The van der Waals surface area contributed by atoms with Gasteiger partial charge in [-0.3, -0.25) is 9.38 Å². The number of imidazole rings is 1. The van der Waals surface area contributed by atoms with E-state index in [0.717, 1.165) is 17.2 Å². The van der Waals surface area contributed by atoms with Crippen LogP contribution < -0.4 is 5.32 Å². The summed E-state index contributed by atoms with van der Waals surface area (Å²) >= 11 is 0. The van der Waals surface area contributed by atoms with E-state index < -0.39 is 0 Å². The maximum absolute atomic E-state index is 4.17. The van der Waals surface area contributed by atoms with Crippen LogP contribution in [0.2, 0.25) is 0 Å². The van der Waals surface area contributed by atoms with Crippen molar-refractivity contribution in [2.24, 2.45) is 0 Å². The van der Waals surface area contributed by atoms with Gasteiger partial charge in [0.1, 0.15) is 5.82 Å². The Kier molecular flexibility index (Phi) is 3.45. The zero-order chi connectivity index (χ0) is 10.6. The van der Waals surface area contributed by atoms with Crippen LogP contribution in [0.15, 0.2) is 18.6 Å². The fourth-order valence-electron chi connectivity index (χ4n) is 1.17. The average Bonchev–Trinajstić information content (AvgIpc) is 2.63. The number of hydrogen-bond donors (Lipinski definition) is 1. The summed E-state index contributed by atoms with van der Waals surface area (Å²) in [6.45, 7) is 5.96. The van der Waals surface area contributed by atoms with Crippen molar-refractivity contribution < 1.29 is 0 Å². The largest absolute Gasteiger partial charge is 0.373 e. The lowest BCUT2D eigenvalue weighted by atomic mass is 10.5. The minimum Gasteiger partial charge on any atom is -0.373 e. The maximum Gasteiger partial charge on any atom is 0.156 e. The molecule has 0 aliphatic heterocycles. The third-order valence-electron chi connectivity index (χ3n) is 1.78. The first-order valence-electron chi connectivity index (χ1n) is 4.79. The highest BCUT2D eigenvalue weighted by atomic mass is 15.1. The second-order valence-corrected chi connectivity index (χ2v) is 2.65. The Labute approximate surface area is 84.0 Å². The summed E-state index contributed by atoms with van der Waals surface area (Å²) in [6, 6.07) is 0. The van der Waals surface area contributed by atoms with Gasteiger partial charge in [0.25, 0.3) is 0 Å². The predicted molar refractivity (Wildman–Crippen MR) is 58.6 cm³/mol. The Balaban J connectivity index is 0.000000461. The molecule has 0 aliphatic rings. The summed E-state index contributed by atoms with van der Waals surface area (Å²) in [4.78, 5) is 8.31. The molecule has 76 valence electrons. The minimum absolute atomic E-state index is 0.866. The summed E-state index contributed by atoms with van der Waals surface area (Å²) in [5.74, 6) is 0.982. The molecule has 0 atom stereocenters. The van der Waals surface area contributed by atoms with Crippen molar-refractivity contribution in [3.05, 3.63) is 24.3 Å². The quantitative estimate of drug-likeness (QED) is 0.752. The van der Waals surface area contributed by atoms with Gasteiger partial charge in [-0.2, -0.15) is 0 Å². The van der Waals surface area contributed by atoms with Crippen molar-refractivity contribution in [2.75, 3.05) is 12.4 Å². The predicted octanol–water partition coefficient (Wildman–Crippen LogP) is 2.11. The number of hydrogen-bond acceptors (Lipinski definition) is 3.